The summed E-state index contributed by atoms with van der Waals surface area (Å²) >= 11 is 0. The van der Waals surface area contributed by atoms with E-state index in [1.807, 2.05) is 6.92 Å². The minimum atomic E-state index is -0.0331. The molecule has 62 valence electrons. The summed E-state index contributed by atoms with van der Waals surface area (Å²) in [6.07, 6.45) is 5.49. The van der Waals surface area contributed by atoms with Gasteiger partial charge in [0.25, 0.3) is 0 Å². The number of carbonyl (C=O) groups is 1. The van der Waals surface area contributed by atoms with Gasteiger partial charge in [-0.2, -0.15) is 0 Å². The number of nitrogens with zero attached hydrogens (tertiary/aromatic N) is 1. The maximum absolute atomic E-state index is 11.2. The second-order valence-electron chi connectivity index (χ2n) is 2.45. The minimum absolute atomic E-state index is 0.0331. The number of hydrogen-bond donors (Lipinski definition) is 0. The number of hydrogen-bond acceptors (Lipinski definition) is 2. The van der Waals surface area contributed by atoms with Crippen molar-refractivity contribution < 1.29 is 4.79 Å². The Morgan fingerprint density at radius 1 is 1.75 bits per heavy atom. The molecule has 0 spiro atoms. The molecule has 0 aliphatic heterocycles. The van der Waals surface area contributed by atoms with Gasteiger partial charge in [-0.3, -0.25) is 9.78 Å². The Morgan fingerprint density at radius 2 is 2.50 bits per heavy atom. The maximum Gasteiger partial charge on any atom is 0.185 e. The molecular formula is C10H11NO. The van der Waals surface area contributed by atoms with Crippen LogP contribution in [0.2, 0.25) is 0 Å². The van der Waals surface area contributed by atoms with Crippen molar-refractivity contribution in [3.8, 4) is 0 Å². The van der Waals surface area contributed by atoms with Crippen molar-refractivity contribution >= 4 is 5.78 Å². The Bertz CT molecular complexity index is 304. The first-order valence-electron chi connectivity index (χ1n) is 3.89. The van der Waals surface area contributed by atoms with Crippen LogP contribution in [-0.2, 0) is 6.42 Å². The van der Waals surface area contributed by atoms with E-state index >= 15 is 0 Å². The lowest BCUT2D eigenvalue weighted by atomic mass is 10.0. The molecule has 12 heavy (non-hydrogen) atoms. The number of aryl methyl sites for hydroxylation is 1. The zero-order valence-corrected chi connectivity index (χ0v) is 7.08. The monoisotopic (exact) mass is 161 g/mol. The molecule has 0 amide bonds. The lowest BCUT2D eigenvalue weighted by Gasteiger charge is -2.01. The molecule has 1 heterocycles. The molecule has 0 aliphatic rings. The molecule has 0 radical (unpaired) electrons. The first-order chi connectivity index (χ1) is 5.79. The van der Waals surface area contributed by atoms with Crippen molar-refractivity contribution in [3.05, 3.63) is 42.2 Å². The summed E-state index contributed by atoms with van der Waals surface area (Å²) < 4.78 is 0. The van der Waals surface area contributed by atoms with Gasteiger partial charge in [0.1, 0.15) is 0 Å². The molecule has 0 aliphatic carbocycles. The van der Waals surface area contributed by atoms with Gasteiger partial charge in [-0.25, -0.2) is 0 Å². The van der Waals surface area contributed by atoms with Crippen LogP contribution in [0.4, 0.5) is 0 Å². The van der Waals surface area contributed by atoms with Crippen molar-refractivity contribution in [3.63, 3.8) is 0 Å². The largest absolute Gasteiger partial charge is 0.289 e. The fraction of sp³-hybridized carbons (Fsp3) is 0.200. The summed E-state index contributed by atoms with van der Waals surface area (Å²) in [4.78, 5) is 15.2. The summed E-state index contributed by atoms with van der Waals surface area (Å²) in [7, 11) is 0. The van der Waals surface area contributed by atoms with E-state index in [1.165, 1.54) is 6.08 Å². The molecular weight excluding hydrogens is 150 g/mol. The summed E-state index contributed by atoms with van der Waals surface area (Å²) in [6.45, 7) is 5.44. The Balaban J connectivity index is 3.13. The van der Waals surface area contributed by atoms with Crippen LogP contribution in [0.25, 0.3) is 0 Å². The third-order valence-corrected chi connectivity index (χ3v) is 1.74. The third kappa shape index (κ3) is 1.59. The van der Waals surface area contributed by atoms with E-state index in [2.05, 4.69) is 11.6 Å². The highest BCUT2D eigenvalue weighted by Gasteiger charge is 2.05. The van der Waals surface area contributed by atoms with Crippen LogP contribution >= 0.6 is 0 Å². The van der Waals surface area contributed by atoms with Crippen LogP contribution in [0.5, 0.6) is 0 Å². The standard InChI is InChI=1S/C10H11NO/c1-3-8-7-11-6-5-9(8)10(12)4-2/h4-7H,2-3H2,1H3. The second-order valence-corrected chi connectivity index (χ2v) is 2.45. The fourth-order valence-corrected chi connectivity index (χ4v) is 1.06. The van der Waals surface area contributed by atoms with Gasteiger partial charge in [0, 0.05) is 18.0 Å². The molecule has 2 heteroatoms. The first-order valence-corrected chi connectivity index (χ1v) is 3.89. The van der Waals surface area contributed by atoms with Crippen molar-refractivity contribution in [2.24, 2.45) is 0 Å². The van der Waals surface area contributed by atoms with Gasteiger partial charge in [-0.1, -0.05) is 13.5 Å². The molecule has 0 saturated heterocycles. The zero-order chi connectivity index (χ0) is 8.97. The van der Waals surface area contributed by atoms with Crippen LogP contribution < -0.4 is 0 Å². The summed E-state index contributed by atoms with van der Waals surface area (Å²) in [5, 5.41) is 0. The molecule has 0 bridgehead atoms. The molecule has 2 nitrogen and oxygen atoms in total. The average Bonchev–Trinajstić information content (AvgIpc) is 2.16. The Morgan fingerprint density at radius 3 is 3.08 bits per heavy atom. The molecule has 0 saturated carbocycles. The van der Waals surface area contributed by atoms with Gasteiger partial charge in [0.2, 0.25) is 0 Å². The van der Waals surface area contributed by atoms with Crippen molar-refractivity contribution in [1.29, 1.82) is 0 Å². The summed E-state index contributed by atoms with van der Waals surface area (Å²) in [5.41, 5.74) is 1.69. The van der Waals surface area contributed by atoms with E-state index in [0.29, 0.717) is 5.56 Å². The highest BCUT2D eigenvalue weighted by atomic mass is 16.1. The quantitative estimate of drug-likeness (QED) is 0.501. The van der Waals surface area contributed by atoms with Crippen molar-refractivity contribution in [1.82, 2.24) is 4.98 Å². The minimum Gasteiger partial charge on any atom is -0.289 e. The molecule has 0 aromatic carbocycles. The number of carbonyl (C=O) groups excluding carboxylic acids is 1. The predicted molar refractivity (Wildman–Crippen MR) is 48.1 cm³/mol. The van der Waals surface area contributed by atoms with Gasteiger partial charge in [-0.15, -0.1) is 0 Å². The Kier molecular flexibility index (Phi) is 2.75. The smallest absolute Gasteiger partial charge is 0.185 e. The molecule has 0 fully saturated rings. The maximum atomic E-state index is 11.2. The summed E-state index contributed by atoms with van der Waals surface area (Å²) in [5.74, 6) is -0.0331. The molecule has 1 aromatic rings. The summed E-state index contributed by atoms with van der Waals surface area (Å²) in [6, 6.07) is 1.73. The fourth-order valence-electron chi connectivity index (χ4n) is 1.06. The zero-order valence-electron chi connectivity index (χ0n) is 7.08. The van der Waals surface area contributed by atoms with E-state index in [4.69, 9.17) is 0 Å². The highest BCUT2D eigenvalue weighted by molar-refractivity contribution is 6.05. The van der Waals surface area contributed by atoms with Crippen molar-refractivity contribution in [2.45, 2.75) is 13.3 Å². The van der Waals surface area contributed by atoms with Crippen LogP contribution in [0, 0.1) is 0 Å². The highest BCUT2D eigenvalue weighted by Crippen LogP contribution is 2.08. The second kappa shape index (κ2) is 3.81. The van der Waals surface area contributed by atoms with E-state index in [9.17, 15) is 4.79 Å². The van der Waals surface area contributed by atoms with Gasteiger partial charge in [0.05, 0.1) is 0 Å². The molecule has 0 N–H and O–H groups in total. The van der Waals surface area contributed by atoms with Gasteiger partial charge >= 0.3 is 0 Å². The molecule has 1 rings (SSSR count). The number of ketones is 1. The number of rotatable bonds is 3. The third-order valence-electron chi connectivity index (χ3n) is 1.74. The van der Waals surface area contributed by atoms with Gasteiger partial charge in [0.15, 0.2) is 5.78 Å². The molecule has 1 aromatic heterocycles. The van der Waals surface area contributed by atoms with Gasteiger partial charge < -0.3 is 0 Å². The normalized spacial score (nSPS) is 9.42. The SMILES string of the molecule is C=CC(=O)c1ccncc1CC. The van der Waals surface area contributed by atoms with Crippen molar-refractivity contribution in [2.75, 3.05) is 0 Å². The molecule has 0 atom stereocenters. The van der Waals surface area contributed by atoms with E-state index in [0.717, 1.165) is 12.0 Å². The number of allylic oxidation sites excluding steroid dienone is 1. The van der Waals surface area contributed by atoms with Crippen LogP contribution in [0.1, 0.15) is 22.8 Å². The predicted octanol–water partition coefficient (Wildman–Crippen LogP) is 2.01. The van der Waals surface area contributed by atoms with E-state index in [-0.39, 0.29) is 5.78 Å². The Hall–Kier alpha value is -1.44. The number of pyridine rings is 1. The molecule has 0 unspecified atom stereocenters. The van der Waals surface area contributed by atoms with Crippen LogP contribution in [0.15, 0.2) is 31.1 Å². The lowest BCUT2D eigenvalue weighted by molar-refractivity contribution is 0.104. The number of aromatic nitrogens is 1. The van der Waals surface area contributed by atoms with Crippen LogP contribution in [-0.4, -0.2) is 10.8 Å². The average molecular weight is 161 g/mol. The van der Waals surface area contributed by atoms with E-state index < -0.39 is 0 Å². The topological polar surface area (TPSA) is 30.0 Å². The van der Waals surface area contributed by atoms with Gasteiger partial charge in [-0.05, 0) is 24.1 Å². The first kappa shape index (κ1) is 8.65. The van der Waals surface area contributed by atoms with E-state index in [1.54, 1.807) is 18.5 Å². The van der Waals surface area contributed by atoms with Crippen LogP contribution in [0.3, 0.4) is 0 Å². The lowest BCUT2D eigenvalue weighted by Crippen LogP contribution is -1.99. The Labute approximate surface area is 71.9 Å².